The molecule has 0 saturated carbocycles. The van der Waals surface area contributed by atoms with Gasteiger partial charge in [-0.1, -0.05) is 72.0 Å². The molecule has 0 aliphatic carbocycles. The Kier molecular flexibility index (Phi) is 5.21. The lowest BCUT2D eigenvalue weighted by Crippen LogP contribution is -2.38. The van der Waals surface area contributed by atoms with Crippen LogP contribution in [0.4, 0.5) is 5.13 Å². The summed E-state index contributed by atoms with van der Waals surface area (Å²) in [5, 5.41) is 0.441. The number of nitrogens with two attached hydrogens (primary N) is 1. The zero-order valence-corrected chi connectivity index (χ0v) is 16.0. The van der Waals surface area contributed by atoms with Crippen molar-refractivity contribution in [2.24, 2.45) is 5.92 Å². The zero-order chi connectivity index (χ0) is 18.6. The predicted molar refractivity (Wildman–Crippen MR) is 111 cm³/mol. The summed E-state index contributed by atoms with van der Waals surface area (Å²) in [5.74, 6) is 0.692. The number of aromatic nitrogens is 1. The summed E-state index contributed by atoms with van der Waals surface area (Å²) >= 11 is 1.29. The average Bonchev–Trinajstić information content (AvgIpc) is 3.11. The molecule has 5 heteroatoms. The number of hydrogen-bond donors (Lipinski definition) is 1. The number of hydrogen-bond acceptors (Lipinski definition) is 4. The van der Waals surface area contributed by atoms with Gasteiger partial charge in [-0.2, -0.15) is 0 Å². The van der Waals surface area contributed by atoms with Crippen molar-refractivity contribution >= 4 is 22.4 Å². The van der Waals surface area contributed by atoms with Crippen LogP contribution in [-0.2, 0) is 6.42 Å². The van der Waals surface area contributed by atoms with E-state index >= 15 is 0 Å². The van der Waals surface area contributed by atoms with Crippen LogP contribution >= 0.6 is 11.3 Å². The Labute approximate surface area is 163 Å². The number of thiazole rings is 1. The number of benzene rings is 2. The van der Waals surface area contributed by atoms with E-state index in [1.165, 1.54) is 16.9 Å². The monoisotopic (exact) mass is 377 g/mol. The number of amides is 1. The maximum Gasteiger partial charge on any atom is 0.266 e. The topological polar surface area (TPSA) is 59.2 Å². The maximum absolute atomic E-state index is 13.1. The number of carbonyl (C=O) groups is 1. The quantitative estimate of drug-likeness (QED) is 0.729. The van der Waals surface area contributed by atoms with Crippen LogP contribution in [0.2, 0.25) is 0 Å². The molecule has 1 saturated heterocycles. The molecule has 138 valence electrons. The Hall–Kier alpha value is -2.66. The van der Waals surface area contributed by atoms with Crippen molar-refractivity contribution < 1.29 is 4.79 Å². The number of likely N-dealkylation sites (tertiary alicyclic amines) is 1. The molecule has 27 heavy (non-hydrogen) atoms. The van der Waals surface area contributed by atoms with E-state index in [0.717, 1.165) is 37.9 Å². The first-order chi connectivity index (χ1) is 13.2. The van der Waals surface area contributed by atoms with Gasteiger partial charge in [0.1, 0.15) is 4.88 Å². The van der Waals surface area contributed by atoms with Crippen molar-refractivity contribution in [3.63, 3.8) is 0 Å². The number of nitrogen functional groups attached to an aromatic ring is 1. The average molecular weight is 378 g/mol. The molecule has 2 aromatic carbocycles. The first-order valence-electron chi connectivity index (χ1n) is 9.35. The van der Waals surface area contributed by atoms with Crippen LogP contribution in [0.5, 0.6) is 0 Å². The second kappa shape index (κ2) is 7.92. The third kappa shape index (κ3) is 4.03. The largest absolute Gasteiger partial charge is 0.375 e. The molecular weight excluding hydrogens is 354 g/mol. The van der Waals surface area contributed by atoms with Gasteiger partial charge < -0.3 is 10.6 Å². The number of nitrogens with zero attached hydrogens (tertiary/aromatic N) is 2. The van der Waals surface area contributed by atoms with Crippen molar-refractivity contribution in [2.45, 2.75) is 19.3 Å². The summed E-state index contributed by atoms with van der Waals surface area (Å²) in [6.07, 6.45) is 3.16. The summed E-state index contributed by atoms with van der Waals surface area (Å²) in [5.41, 5.74) is 8.95. The van der Waals surface area contributed by atoms with Crippen molar-refractivity contribution in [2.75, 3.05) is 18.8 Å². The Morgan fingerprint density at radius 3 is 2.33 bits per heavy atom. The van der Waals surface area contributed by atoms with Gasteiger partial charge in [0, 0.05) is 18.7 Å². The highest BCUT2D eigenvalue weighted by Gasteiger charge is 2.27. The molecule has 1 amide bonds. The zero-order valence-electron chi connectivity index (χ0n) is 15.2. The van der Waals surface area contributed by atoms with Crippen molar-refractivity contribution in [3.05, 3.63) is 71.1 Å². The standard InChI is InChI=1S/C22H23N3OS/c23-22-24-19(18-9-5-2-6-10-18)20(27-22)21(26)25-13-11-17(12-14-25)15-16-7-3-1-4-8-16/h1-10,17H,11-15H2,(H2,23,24). The molecule has 1 aliphatic heterocycles. The van der Waals surface area contributed by atoms with E-state index in [4.69, 9.17) is 5.73 Å². The maximum atomic E-state index is 13.1. The summed E-state index contributed by atoms with van der Waals surface area (Å²) in [6, 6.07) is 20.4. The van der Waals surface area contributed by atoms with Gasteiger partial charge >= 0.3 is 0 Å². The molecule has 4 rings (SSSR count). The number of piperidine rings is 1. The van der Waals surface area contributed by atoms with Gasteiger partial charge in [0.15, 0.2) is 5.13 Å². The van der Waals surface area contributed by atoms with Gasteiger partial charge in [0.2, 0.25) is 0 Å². The second-order valence-electron chi connectivity index (χ2n) is 7.02. The van der Waals surface area contributed by atoms with Gasteiger partial charge in [-0.15, -0.1) is 0 Å². The van der Waals surface area contributed by atoms with E-state index in [1.54, 1.807) is 0 Å². The third-order valence-electron chi connectivity index (χ3n) is 5.15. The summed E-state index contributed by atoms with van der Waals surface area (Å²) < 4.78 is 0. The van der Waals surface area contributed by atoms with E-state index in [1.807, 2.05) is 35.2 Å². The minimum Gasteiger partial charge on any atom is -0.375 e. The van der Waals surface area contributed by atoms with Crippen LogP contribution in [0, 0.1) is 5.92 Å². The molecule has 1 aliphatic rings. The van der Waals surface area contributed by atoms with Crippen LogP contribution in [0.1, 0.15) is 28.1 Å². The number of carbonyl (C=O) groups excluding carboxylic acids is 1. The van der Waals surface area contributed by atoms with Crippen molar-refractivity contribution in [1.82, 2.24) is 9.88 Å². The molecule has 0 radical (unpaired) electrons. The molecule has 0 atom stereocenters. The molecule has 0 spiro atoms. The van der Waals surface area contributed by atoms with Gasteiger partial charge in [-0.3, -0.25) is 4.79 Å². The van der Waals surface area contributed by atoms with Crippen LogP contribution in [-0.4, -0.2) is 28.9 Å². The molecule has 4 nitrogen and oxygen atoms in total. The molecule has 2 N–H and O–H groups in total. The normalized spacial score (nSPS) is 15.0. The first-order valence-corrected chi connectivity index (χ1v) is 10.2. The van der Waals surface area contributed by atoms with E-state index < -0.39 is 0 Å². The Balaban J connectivity index is 1.44. The van der Waals surface area contributed by atoms with Gasteiger partial charge in [0.25, 0.3) is 5.91 Å². The van der Waals surface area contributed by atoms with Crippen molar-refractivity contribution in [1.29, 1.82) is 0 Å². The summed E-state index contributed by atoms with van der Waals surface area (Å²) in [6.45, 7) is 1.59. The van der Waals surface area contributed by atoms with Gasteiger partial charge in [-0.05, 0) is 30.7 Å². The highest BCUT2D eigenvalue weighted by Crippen LogP contribution is 2.32. The molecule has 2 heterocycles. The SMILES string of the molecule is Nc1nc(-c2ccccc2)c(C(=O)N2CCC(Cc3ccccc3)CC2)s1. The van der Waals surface area contributed by atoms with E-state index in [0.29, 0.717) is 21.6 Å². The smallest absolute Gasteiger partial charge is 0.266 e. The Morgan fingerprint density at radius 1 is 1.04 bits per heavy atom. The summed E-state index contributed by atoms with van der Waals surface area (Å²) in [7, 11) is 0. The highest BCUT2D eigenvalue weighted by atomic mass is 32.1. The Morgan fingerprint density at radius 2 is 1.67 bits per heavy atom. The minimum atomic E-state index is 0.0567. The number of anilines is 1. The Bertz CT molecular complexity index is 900. The summed E-state index contributed by atoms with van der Waals surface area (Å²) in [4.78, 5) is 20.1. The lowest BCUT2D eigenvalue weighted by atomic mass is 9.90. The second-order valence-corrected chi connectivity index (χ2v) is 8.05. The molecular formula is C22H23N3OS. The molecule has 1 aromatic heterocycles. The lowest BCUT2D eigenvalue weighted by molar-refractivity contribution is 0.0696. The van der Waals surface area contributed by atoms with Crippen LogP contribution in [0.15, 0.2) is 60.7 Å². The van der Waals surface area contributed by atoms with Gasteiger partial charge in [0.05, 0.1) is 5.69 Å². The fourth-order valence-electron chi connectivity index (χ4n) is 3.70. The highest BCUT2D eigenvalue weighted by molar-refractivity contribution is 7.17. The lowest BCUT2D eigenvalue weighted by Gasteiger charge is -2.32. The van der Waals surface area contributed by atoms with Crippen molar-refractivity contribution in [3.8, 4) is 11.3 Å². The molecule has 0 unspecified atom stereocenters. The third-order valence-corrected chi connectivity index (χ3v) is 6.03. The predicted octanol–water partition coefficient (Wildman–Crippen LogP) is 4.49. The fourth-order valence-corrected chi connectivity index (χ4v) is 4.53. The van der Waals surface area contributed by atoms with Crippen LogP contribution in [0.25, 0.3) is 11.3 Å². The number of rotatable bonds is 4. The van der Waals surface area contributed by atoms with E-state index in [9.17, 15) is 4.79 Å². The molecule has 3 aromatic rings. The molecule has 1 fully saturated rings. The van der Waals surface area contributed by atoms with E-state index in [2.05, 4.69) is 35.3 Å². The van der Waals surface area contributed by atoms with Crippen LogP contribution < -0.4 is 5.73 Å². The van der Waals surface area contributed by atoms with E-state index in [-0.39, 0.29) is 5.91 Å². The fraction of sp³-hybridized carbons (Fsp3) is 0.273. The first kappa shape index (κ1) is 17.7. The minimum absolute atomic E-state index is 0.0567. The van der Waals surface area contributed by atoms with Gasteiger partial charge in [-0.25, -0.2) is 4.98 Å². The van der Waals surface area contributed by atoms with Crippen LogP contribution in [0.3, 0.4) is 0 Å². The molecule has 0 bridgehead atoms.